The van der Waals surface area contributed by atoms with Gasteiger partial charge in [-0.05, 0) is 79.4 Å². The zero-order chi connectivity index (χ0) is 24.2. The Morgan fingerprint density at radius 1 is 1.06 bits per heavy atom. The Morgan fingerprint density at radius 3 is 2.42 bits per heavy atom. The summed E-state index contributed by atoms with van der Waals surface area (Å²) in [6, 6.07) is 0. The largest absolute Gasteiger partial charge is 0.462 e. The van der Waals surface area contributed by atoms with E-state index in [0.29, 0.717) is 18.3 Å². The van der Waals surface area contributed by atoms with Gasteiger partial charge in [-0.15, -0.1) is 0 Å². The molecular weight excluding hydrogens is 412 g/mol. The fourth-order valence-electron chi connectivity index (χ4n) is 9.70. The van der Waals surface area contributed by atoms with Crippen molar-refractivity contribution in [1.29, 1.82) is 0 Å². The lowest BCUT2D eigenvalue weighted by Crippen LogP contribution is -2.55. The molecule has 0 aromatic carbocycles. The Morgan fingerprint density at radius 2 is 1.79 bits per heavy atom. The van der Waals surface area contributed by atoms with Crippen molar-refractivity contribution in [3.63, 3.8) is 0 Å². The number of aldehydes is 1. The number of ether oxygens (including phenoxy) is 1. The van der Waals surface area contributed by atoms with E-state index >= 15 is 0 Å². The lowest BCUT2D eigenvalue weighted by molar-refractivity contribution is -0.174. The van der Waals surface area contributed by atoms with Crippen molar-refractivity contribution in [3.05, 3.63) is 0 Å². The molecule has 0 radical (unpaired) electrons. The first-order valence-corrected chi connectivity index (χ1v) is 13.8. The fourth-order valence-corrected chi connectivity index (χ4v) is 9.70. The third-order valence-electron chi connectivity index (χ3n) is 11.3. The number of hydrogen-bond donors (Lipinski definition) is 1. The molecule has 0 heterocycles. The van der Waals surface area contributed by atoms with Crippen molar-refractivity contribution in [2.45, 2.75) is 117 Å². The van der Waals surface area contributed by atoms with Crippen LogP contribution in [0.15, 0.2) is 0 Å². The SMILES string of the molecule is CC(=O)O[C@H]1CC[C@]2(C)C3CC[C@@]4(C)C(CCC4[C@H](C)CCCC(C)C)C3[C@@H](C=O)[C@]2(O)C1. The van der Waals surface area contributed by atoms with Gasteiger partial charge in [0, 0.05) is 24.7 Å². The van der Waals surface area contributed by atoms with Gasteiger partial charge in [0.2, 0.25) is 0 Å². The van der Waals surface area contributed by atoms with Gasteiger partial charge in [-0.25, -0.2) is 0 Å². The number of carbonyl (C=O) groups is 2. The molecule has 0 aliphatic heterocycles. The van der Waals surface area contributed by atoms with Crippen molar-refractivity contribution in [2.24, 2.45) is 52.3 Å². The maximum atomic E-state index is 12.6. The minimum absolute atomic E-state index is 0.262. The van der Waals surface area contributed by atoms with Crippen molar-refractivity contribution in [1.82, 2.24) is 0 Å². The molecule has 4 heteroatoms. The monoisotopic (exact) mass is 460 g/mol. The highest BCUT2D eigenvalue weighted by atomic mass is 16.5. The molecule has 4 rings (SSSR count). The highest BCUT2D eigenvalue weighted by Crippen LogP contribution is 2.72. The number of fused-ring (bicyclic) bond motifs is 5. The van der Waals surface area contributed by atoms with Gasteiger partial charge in [-0.3, -0.25) is 4.79 Å². The normalized spacial score (nSPS) is 47.5. The predicted molar refractivity (Wildman–Crippen MR) is 130 cm³/mol. The van der Waals surface area contributed by atoms with Crippen LogP contribution in [0.3, 0.4) is 0 Å². The van der Waals surface area contributed by atoms with E-state index in [9.17, 15) is 14.7 Å². The van der Waals surface area contributed by atoms with Crippen LogP contribution in [0.5, 0.6) is 0 Å². The average molecular weight is 461 g/mol. The van der Waals surface area contributed by atoms with Crippen LogP contribution in [0.25, 0.3) is 0 Å². The second kappa shape index (κ2) is 8.95. The van der Waals surface area contributed by atoms with Crippen LogP contribution in [-0.4, -0.2) is 29.1 Å². The quantitative estimate of drug-likeness (QED) is 0.363. The lowest BCUT2D eigenvalue weighted by Gasteiger charge is -2.52. The summed E-state index contributed by atoms with van der Waals surface area (Å²) in [6.07, 6.45) is 11.6. The van der Waals surface area contributed by atoms with Gasteiger partial charge >= 0.3 is 5.97 Å². The minimum atomic E-state index is -1.06. The fraction of sp³-hybridized carbons (Fsp3) is 0.931. The van der Waals surface area contributed by atoms with Gasteiger partial charge < -0.3 is 14.6 Å². The van der Waals surface area contributed by atoms with E-state index in [1.54, 1.807) is 0 Å². The molecule has 0 aromatic heterocycles. The maximum absolute atomic E-state index is 12.6. The van der Waals surface area contributed by atoms with Gasteiger partial charge in [0.1, 0.15) is 12.4 Å². The van der Waals surface area contributed by atoms with Crippen LogP contribution in [0.1, 0.15) is 106 Å². The van der Waals surface area contributed by atoms with Gasteiger partial charge in [-0.1, -0.05) is 53.9 Å². The van der Waals surface area contributed by atoms with Crippen LogP contribution >= 0.6 is 0 Å². The Hall–Kier alpha value is -0.900. The van der Waals surface area contributed by atoms with Crippen molar-refractivity contribution in [3.8, 4) is 0 Å². The molecule has 0 bridgehead atoms. The molecule has 0 spiro atoms. The Bertz CT molecular complexity index is 748. The van der Waals surface area contributed by atoms with E-state index in [0.717, 1.165) is 43.3 Å². The molecule has 0 saturated heterocycles. The molecule has 0 amide bonds. The summed E-state index contributed by atoms with van der Waals surface area (Å²) >= 11 is 0. The standard InChI is InChI=1S/C29H48O4/c1-18(2)8-7-9-19(3)22-10-11-23-26-24(13-14-27(22,23)5)28(6)15-12-21(33-20(4)31)16-29(28,32)25(26)17-30/h17-19,21-26,32H,7-16H2,1-6H3/t19-,21+,22?,23?,24?,25-,26?,27-,28-,29-/m1/s1. The first-order valence-electron chi connectivity index (χ1n) is 13.8. The third kappa shape index (κ3) is 3.91. The first-order chi connectivity index (χ1) is 15.5. The van der Waals surface area contributed by atoms with Gasteiger partial charge in [-0.2, -0.15) is 0 Å². The van der Waals surface area contributed by atoms with E-state index in [-0.39, 0.29) is 34.7 Å². The van der Waals surface area contributed by atoms with Gasteiger partial charge in [0.05, 0.1) is 5.60 Å². The van der Waals surface area contributed by atoms with Crippen LogP contribution in [-0.2, 0) is 14.3 Å². The maximum Gasteiger partial charge on any atom is 0.302 e. The summed E-state index contributed by atoms with van der Waals surface area (Å²) in [4.78, 5) is 24.3. The van der Waals surface area contributed by atoms with Crippen LogP contribution in [0.2, 0.25) is 0 Å². The van der Waals surface area contributed by atoms with Gasteiger partial charge in [0.15, 0.2) is 0 Å². The topological polar surface area (TPSA) is 63.6 Å². The van der Waals surface area contributed by atoms with E-state index in [1.807, 2.05) is 0 Å². The van der Waals surface area contributed by atoms with Crippen LogP contribution < -0.4 is 0 Å². The summed E-state index contributed by atoms with van der Waals surface area (Å²) in [5, 5.41) is 12.2. The highest BCUT2D eigenvalue weighted by molar-refractivity contribution is 5.66. The van der Waals surface area contributed by atoms with Gasteiger partial charge in [0.25, 0.3) is 0 Å². The molecule has 4 aliphatic carbocycles. The molecule has 4 nitrogen and oxygen atoms in total. The average Bonchev–Trinajstić information content (AvgIpc) is 3.16. The number of aliphatic hydroxyl groups is 1. The molecule has 4 fully saturated rings. The zero-order valence-electron chi connectivity index (χ0n) is 21.9. The number of esters is 1. The second-order valence-corrected chi connectivity index (χ2v) is 13.3. The van der Waals surface area contributed by atoms with Crippen molar-refractivity contribution >= 4 is 12.3 Å². The summed E-state index contributed by atoms with van der Waals surface area (Å²) in [6.45, 7) is 13.3. The Kier molecular flexibility index (Phi) is 6.84. The zero-order valence-corrected chi connectivity index (χ0v) is 21.9. The molecule has 10 atom stereocenters. The highest BCUT2D eigenvalue weighted by Gasteiger charge is 2.72. The summed E-state index contributed by atoms with van der Waals surface area (Å²) in [5.41, 5.74) is -1.05. The summed E-state index contributed by atoms with van der Waals surface area (Å²) in [5.74, 6) is 2.76. The van der Waals surface area contributed by atoms with Crippen molar-refractivity contribution < 1.29 is 19.4 Å². The molecule has 33 heavy (non-hydrogen) atoms. The van der Waals surface area contributed by atoms with Crippen LogP contribution in [0, 0.1) is 52.3 Å². The molecule has 4 saturated carbocycles. The van der Waals surface area contributed by atoms with E-state index in [4.69, 9.17) is 4.74 Å². The number of carbonyl (C=O) groups excluding carboxylic acids is 2. The minimum Gasteiger partial charge on any atom is -0.462 e. The number of rotatable bonds is 7. The molecule has 4 aliphatic rings. The molecule has 1 N–H and O–H groups in total. The van der Waals surface area contributed by atoms with E-state index in [1.165, 1.54) is 45.4 Å². The Labute approximate surface area is 201 Å². The first kappa shape index (κ1) is 25.2. The summed E-state index contributed by atoms with van der Waals surface area (Å²) in [7, 11) is 0. The van der Waals surface area contributed by atoms with Crippen LogP contribution in [0.4, 0.5) is 0 Å². The van der Waals surface area contributed by atoms with Crippen molar-refractivity contribution in [2.75, 3.05) is 0 Å². The predicted octanol–water partition coefficient (Wildman–Crippen LogP) is 6.19. The van der Waals surface area contributed by atoms with E-state index < -0.39 is 5.60 Å². The second-order valence-electron chi connectivity index (χ2n) is 13.3. The number of hydrogen-bond acceptors (Lipinski definition) is 4. The smallest absolute Gasteiger partial charge is 0.302 e. The molecule has 4 unspecified atom stereocenters. The van der Waals surface area contributed by atoms with E-state index in [2.05, 4.69) is 34.6 Å². The lowest BCUT2D eigenvalue weighted by atomic mass is 9.53. The molecule has 188 valence electrons. The summed E-state index contributed by atoms with van der Waals surface area (Å²) < 4.78 is 5.55. The third-order valence-corrected chi connectivity index (χ3v) is 11.3. The molecule has 0 aromatic rings. The Balaban J connectivity index is 1.58. The molecular formula is C29H48O4.